The Kier molecular flexibility index (Phi) is 19.4. The fourth-order valence-corrected chi connectivity index (χ4v) is 16.7. The Morgan fingerprint density at radius 1 is 0.282 bits per heavy atom. The summed E-state index contributed by atoms with van der Waals surface area (Å²) in [5, 5.41) is 7.75. The average Bonchev–Trinajstić information content (AvgIpc) is 0.797. The van der Waals surface area contributed by atoms with Gasteiger partial charge < -0.3 is 48.5 Å². The Morgan fingerprint density at radius 2 is 0.508 bits per heavy atom. The number of carbonyl (C=O) groups excluding carboxylic acids is 6. The second kappa shape index (κ2) is 31.9. The second-order valence-corrected chi connectivity index (χ2v) is 30.8. The molecule has 4 aliphatic heterocycles. The van der Waals surface area contributed by atoms with Gasteiger partial charge in [-0.2, -0.15) is 0 Å². The standard InChI is InChI=1S/C106H72N4O14/c111-101(107-73-39-51-75(52-40-73)117-59-81-61-119-81)99(71-27-15-5-16-28-71)109-103(113)83-55-87(121-77-43-31-67(32-44-77)63-19-7-1-8-20-63)93-94-88(122-78-45-33-68(34-46-78)64-21-9-2-10-22-64)56-85-92-86(106(116)110(105(85)115)100(72-29-17-6-18-30-72)102(112)108-74-41-53-76(54-42-74)118-60-82-62-120-82)58-90(124-80-49-37-70(38-50-80)66-25-13-4-14-26-66)96(98(92)94)95-89(57-84(104(109)114)91(83)97(93)95)123-79-47-35-69(36-48-79)65-23-11-3-12-24-65/h1-58,81-82,99-100H,59-62H2,(H,107,111)(H,108,112). The maximum atomic E-state index is 17.0. The average molecular weight is 1630 g/mol. The molecule has 17 aromatic rings. The summed E-state index contributed by atoms with van der Waals surface area (Å²) in [4.78, 5) is 101. The summed E-state index contributed by atoms with van der Waals surface area (Å²) in [6, 6.07) is 103. The molecule has 18 heteroatoms. The van der Waals surface area contributed by atoms with Crippen LogP contribution in [0.4, 0.5) is 11.4 Å². The molecule has 18 nitrogen and oxygen atoms in total. The van der Waals surface area contributed by atoms with Crippen LogP contribution in [0.2, 0.25) is 0 Å². The lowest BCUT2D eigenvalue weighted by molar-refractivity contribution is -0.120. The monoisotopic (exact) mass is 1620 g/mol. The summed E-state index contributed by atoms with van der Waals surface area (Å²) in [6.45, 7) is 1.92. The highest BCUT2D eigenvalue weighted by Gasteiger charge is 2.47. The fraction of sp³-hybridized carbons (Fsp3) is 0.0755. The molecule has 2 fully saturated rings. The molecule has 124 heavy (non-hydrogen) atoms. The number of nitrogens with zero attached hydrogens (tertiary/aromatic N) is 2. The van der Waals surface area contributed by atoms with E-state index in [9.17, 15) is 0 Å². The van der Waals surface area contributed by atoms with Crippen LogP contribution in [0, 0.1) is 0 Å². The molecular weight excluding hydrogens is 1550 g/mol. The fourth-order valence-electron chi connectivity index (χ4n) is 16.7. The van der Waals surface area contributed by atoms with Crippen molar-refractivity contribution in [3.8, 4) is 102 Å². The summed E-state index contributed by atoms with van der Waals surface area (Å²) < 4.78 is 52.7. The minimum absolute atomic E-state index is 0.00224. The van der Waals surface area contributed by atoms with Gasteiger partial charge in [0, 0.05) is 54.5 Å². The number of epoxide rings is 2. The summed E-state index contributed by atoms with van der Waals surface area (Å²) in [5.41, 5.74) is 8.36. The first-order valence-corrected chi connectivity index (χ1v) is 40.8. The minimum atomic E-state index is -1.62. The minimum Gasteiger partial charge on any atom is -0.491 e. The van der Waals surface area contributed by atoms with Gasteiger partial charge in [0.15, 0.2) is 0 Å². The lowest BCUT2D eigenvalue weighted by atomic mass is 9.80. The van der Waals surface area contributed by atoms with Gasteiger partial charge in [0.1, 0.15) is 95.0 Å². The Labute approximate surface area is 710 Å². The summed E-state index contributed by atoms with van der Waals surface area (Å²) in [5.74, 6) is -2.43. The third kappa shape index (κ3) is 14.5. The number of amides is 6. The first-order chi connectivity index (χ1) is 60.9. The topological polar surface area (TPSA) is 213 Å². The number of imide groups is 2. The molecule has 0 aromatic heterocycles. The zero-order chi connectivity index (χ0) is 83.5. The normalized spacial score (nSPS) is 14.9. The van der Waals surface area contributed by atoms with Gasteiger partial charge in [-0.3, -0.25) is 38.6 Å². The molecule has 21 rings (SSSR count). The van der Waals surface area contributed by atoms with Gasteiger partial charge in [-0.15, -0.1) is 0 Å². The molecule has 4 unspecified atom stereocenters. The zero-order valence-electron chi connectivity index (χ0n) is 66.2. The lowest BCUT2D eigenvalue weighted by Gasteiger charge is -2.36. The molecule has 0 spiro atoms. The van der Waals surface area contributed by atoms with Gasteiger partial charge in [-0.1, -0.05) is 231 Å². The molecule has 17 aromatic carbocycles. The third-order valence-electron chi connectivity index (χ3n) is 22.9. The van der Waals surface area contributed by atoms with Crippen LogP contribution < -0.4 is 39.1 Å². The number of hydrogen-bond donors (Lipinski definition) is 2. The third-order valence-corrected chi connectivity index (χ3v) is 22.9. The number of hydrogen-bond acceptors (Lipinski definition) is 14. The van der Waals surface area contributed by atoms with Crippen LogP contribution in [0.5, 0.6) is 57.5 Å². The largest absolute Gasteiger partial charge is 0.491 e. The predicted octanol–water partition coefficient (Wildman–Crippen LogP) is 23.1. The van der Waals surface area contributed by atoms with E-state index >= 15 is 28.8 Å². The molecular formula is C106H72N4O14. The second-order valence-electron chi connectivity index (χ2n) is 30.8. The number of rotatable bonds is 26. The quantitative estimate of drug-likeness (QED) is 0.0223. The van der Waals surface area contributed by atoms with Crippen molar-refractivity contribution >= 4 is 89.9 Å². The highest BCUT2D eigenvalue weighted by Crippen LogP contribution is 2.59. The van der Waals surface area contributed by atoms with Crippen molar-refractivity contribution in [2.24, 2.45) is 0 Å². The number of nitrogens with one attached hydrogen (secondary N) is 2. The summed E-state index contributed by atoms with van der Waals surface area (Å²) in [7, 11) is 0. The van der Waals surface area contributed by atoms with E-state index in [1.165, 1.54) is 0 Å². The van der Waals surface area contributed by atoms with Crippen molar-refractivity contribution in [1.82, 2.24) is 9.80 Å². The molecule has 4 atom stereocenters. The highest BCUT2D eigenvalue weighted by molar-refractivity contribution is 6.45. The van der Waals surface area contributed by atoms with Crippen LogP contribution in [0.15, 0.2) is 352 Å². The van der Waals surface area contributed by atoms with Crippen molar-refractivity contribution < 1.29 is 66.7 Å². The van der Waals surface area contributed by atoms with Gasteiger partial charge in [-0.05, 0) is 177 Å². The van der Waals surface area contributed by atoms with Crippen LogP contribution in [-0.4, -0.2) is 83.9 Å². The number of fused-ring (bicyclic) bond motifs is 2. The van der Waals surface area contributed by atoms with E-state index in [4.69, 9.17) is 37.9 Å². The molecule has 4 aliphatic rings. The number of anilines is 2. The lowest BCUT2D eigenvalue weighted by Crippen LogP contribution is -2.47. The zero-order valence-corrected chi connectivity index (χ0v) is 66.2. The van der Waals surface area contributed by atoms with Gasteiger partial charge >= 0.3 is 0 Å². The maximum absolute atomic E-state index is 17.0. The van der Waals surface area contributed by atoms with Crippen molar-refractivity contribution in [1.29, 1.82) is 0 Å². The van der Waals surface area contributed by atoms with E-state index in [1.807, 2.05) is 218 Å². The Morgan fingerprint density at radius 3 is 0.750 bits per heavy atom. The van der Waals surface area contributed by atoms with Gasteiger partial charge in [0.25, 0.3) is 35.4 Å². The first-order valence-electron chi connectivity index (χ1n) is 40.8. The molecule has 2 N–H and O–H groups in total. The van der Waals surface area contributed by atoms with E-state index in [0.29, 0.717) is 83.4 Å². The van der Waals surface area contributed by atoms with Crippen LogP contribution in [0.3, 0.4) is 0 Å². The maximum Gasteiger partial charge on any atom is 0.262 e. The molecule has 0 aliphatic carbocycles. The summed E-state index contributed by atoms with van der Waals surface area (Å²) in [6.07, 6.45) is -0.00448. The molecule has 600 valence electrons. The Hall–Kier alpha value is -16.0. The molecule has 6 amide bonds. The first kappa shape index (κ1) is 75.5. The van der Waals surface area contributed by atoms with E-state index < -0.39 is 47.5 Å². The van der Waals surface area contributed by atoms with E-state index in [2.05, 4.69) is 10.6 Å². The van der Waals surface area contributed by atoms with Gasteiger partial charge in [0.2, 0.25) is 0 Å². The number of ether oxygens (including phenoxy) is 8. The SMILES string of the molecule is O=C(Nc1ccc(OCC2CO2)cc1)C(c1ccccc1)N1C(=O)c2cc(Oc3ccc(-c4ccccc4)cc3)c3c4c(Oc5ccc(-c6ccccc6)cc5)cc5c6c(cc(Oc7ccc(-c8ccccc8)cc7)c(c7c(Oc8ccc(-c9ccccc9)cc8)cc(c2c37)C1=O)c64)C(=O)N(C(C(=O)Nc1ccc(OCC2CO2)cc1)c1ccccc1)C5=O. The molecule has 0 saturated carbocycles. The van der Waals surface area contributed by atoms with Crippen LogP contribution in [0.1, 0.15) is 64.6 Å². The van der Waals surface area contributed by atoms with E-state index in [0.717, 1.165) is 54.3 Å². The van der Waals surface area contributed by atoms with Crippen molar-refractivity contribution in [2.45, 2.75) is 24.3 Å². The number of carbonyl (C=O) groups is 6. The smallest absolute Gasteiger partial charge is 0.262 e. The van der Waals surface area contributed by atoms with Gasteiger partial charge in [-0.25, -0.2) is 0 Å². The van der Waals surface area contributed by atoms with E-state index in [1.54, 1.807) is 133 Å². The van der Waals surface area contributed by atoms with Crippen LogP contribution in [-0.2, 0) is 19.1 Å². The van der Waals surface area contributed by atoms with Crippen molar-refractivity contribution in [3.05, 3.63) is 385 Å². The van der Waals surface area contributed by atoms with E-state index in [-0.39, 0.29) is 101 Å². The van der Waals surface area contributed by atoms with Gasteiger partial charge in [0.05, 0.1) is 35.5 Å². The molecule has 4 heterocycles. The summed E-state index contributed by atoms with van der Waals surface area (Å²) >= 11 is 0. The highest BCUT2D eigenvalue weighted by atomic mass is 16.6. The van der Waals surface area contributed by atoms with Crippen molar-refractivity contribution in [3.63, 3.8) is 0 Å². The molecule has 0 bridgehead atoms. The Balaban J connectivity index is 0.846. The van der Waals surface area contributed by atoms with Crippen LogP contribution >= 0.6 is 0 Å². The molecule has 2 saturated heterocycles. The molecule has 0 radical (unpaired) electrons. The predicted molar refractivity (Wildman–Crippen MR) is 475 cm³/mol. The van der Waals surface area contributed by atoms with Crippen molar-refractivity contribution in [2.75, 3.05) is 37.1 Å². The number of benzene rings is 17. The van der Waals surface area contributed by atoms with Crippen LogP contribution in [0.25, 0.3) is 87.6 Å². The Bertz CT molecular complexity index is 6290.